The van der Waals surface area contributed by atoms with Crippen molar-refractivity contribution in [3.63, 3.8) is 0 Å². The van der Waals surface area contributed by atoms with E-state index in [0.717, 1.165) is 6.54 Å². The summed E-state index contributed by atoms with van der Waals surface area (Å²) >= 11 is 0. The van der Waals surface area contributed by atoms with Crippen molar-refractivity contribution in [3.05, 3.63) is 29.1 Å². The summed E-state index contributed by atoms with van der Waals surface area (Å²) < 4.78 is 2.14. The molecule has 1 amide bonds. The number of amides is 1. The molecule has 1 aromatic heterocycles. The Bertz CT molecular complexity index is 366. The number of nitrogens with one attached hydrogen (secondary N) is 1. The topological polar surface area (TPSA) is 53.2 Å². The van der Waals surface area contributed by atoms with Crippen molar-refractivity contribution in [1.29, 1.82) is 0 Å². The van der Waals surface area contributed by atoms with Gasteiger partial charge >= 0.3 is 0 Å². The molecule has 88 valence electrons. The molecule has 0 atom stereocenters. The van der Waals surface area contributed by atoms with Crippen molar-refractivity contribution in [2.24, 2.45) is 0 Å². The summed E-state index contributed by atoms with van der Waals surface area (Å²) in [6.45, 7) is 6.98. The van der Waals surface area contributed by atoms with Gasteiger partial charge in [0.05, 0.1) is 6.54 Å². The zero-order valence-electron chi connectivity index (χ0n) is 10.1. The van der Waals surface area contributed by atoms with Crippen LogP contribution < -0.4 is 9.88 Å². The van der Waals surface area contributed by atoms with E-state index in [4.69, 9.17) is 5.11 Å². The minimum Gasteiger partial charge on any atom is -0.387 e. The highest BCUT2D eigenvalue weighted by atomic mass is 16.3. The second-order valence-corrected chi connectivity index (χ2v) is 3.98. The van der Waals surface area contributed by atoms with E-state index in [1.807, 2.05) is 13.8 Å². The molecule has 0 fully saturated rings. The van der Waals surface area contributed by atoms with Crippen molar-refractivity contribution < 1.29 is 14.5 Å². The summed E-state index contributed by atoms with van der Waals surface area (Å²) in [5.74, 6) is -0.331. The maximum atomic E-state index is 10.9. The highest BCUT2D eigenvalue weighted by Gasteiger charge is 2.11. The van der Waals surface area contributed by atoms with Gasteiger partial charge in [-0.2, -0.15) is 4.57 Å². The van der Waals surface area contributed by atoms with Crippen LogP contribution in [0.4, 0.5) is 0 Å². The lowest BCUT2D eigenvalue weighted by atomic mass is 10.2. The zero-order chi connectivity index (χ0) is 12.1. The van der Waals surface area contributed by atoms with Crippen LogP contribution in [0, 0.1) is 20.8 Å². The molecule has 4 heteroatoms. The quantitative estimate of drug-likeness (QED) is 0.706. The predicted octanol–water partition coefficient (Wildman–Crippen LogP) is 0.00786. The number of hydrogen-bond donors (Lipinski definition) is 2. The number of aromatic nitrogens is 1. The summed E-state index contributed by atoms with van der Waals surface area (Å²) in [5.41, 5.74) is 3.59. The third-order valence-corrected chi connectivity index (χ3v) is 2.53. The number of aliphatic hydroxyl groups is 1. The molecule has 0 spiro atoms. The SMILES string of the molecule is Cc1cc(C)[n+](CCNC(=O)CO)c(C)c1. The standard InChI is InChI=1S/C12H18N2O2/c1-9-6-10(2)14(11(3)7-9)5-4-13-12(16)8-15/h6-7,15H,4-5,8H2,1-3H3/p+1. The molecule has 1 rings (SSSR count). The average Bonchev–Trinajstić information content (AvgIpc) is 2.21. The van der Waals surface area contributed by atoms with Gasteiger partial charge in [0.15, 0.2) is 17.9 Å². The Kier molecular flexibility index (Phi) is 4.43. The van der Waals surface area contributed by atoms with Gasteiger partial charge in [-0.05, 0) is 12.5 Å². The summed E-state index contributed by atoms with van der Waals surface area (Å²) in [5, 5.41) is 11.2. The van der Waals surface area contributed by atoms with Gasteiger partial charge in [-0.25, -0.2) is 0 Å². The molecule has 0 aliphatic carbocycles. The van der Waals surface area contributed by atoms with Crippen LogP contribution in [0.5, 0.6) is 0 Å². The van der Waals surface area contributed by atoms with Crippen LogP contribution in [0.2, 0.25) is 0 Å². The van der Waals surface area contributed by atoms with Crippen LogP contribution in [0.3, 0.4) is 0 Å². The Labute approximate surface area is 95.9 Å². The van der Waals surface area contributed by atoms with E-state index in [1.54, 1.807) is 0 Å². The number of nitrogens with zero attached hydrogens (tertiary/aromatic N) is 1. The van der Waals surface area contributed by atoms with Crippen molar-refractivity contribution in [3.8, 4) is 0 Å². The lowest BCUT2D eigenvalue weighted by Gasteiger charge is -2.06. The van der Waals surface area contributed by atoms with E-state index >= 15 is 0 Å². The van der Waals surface area contributed by atoms with Crippen LogP contribution in [0.15, 0.2) is 12.1 Å². The number of aliphatic hydroxyl groups excluding tert-OH is 1. The van der Waals surface area contributed by atoms with Crippen molar-refractivity contribution in [2.45, 2.75) is 27.3 Å². The summed E-state index contributed by atoms with van der Waals surface area (Å²) in [6, 6.07) is 4.22. The van der Waals surface area contributed by atoms with Gasteiger partial charge in [0, 0.05) is 26.0 Å². The molecule has 0 radical (unpaired) electrons. The minimum atomic E-state index is -0.448. The van der Waals surface area contributed by atoms with Crippen LogP contribution in [0.25, 0.3) is 0 Å². The maximum absolute atomic E-state index is 10.9. The van der Waals surface area contributed by atoms with Crippen LogP contribution in [-0.2, 0) is 11.3 Å². The maximum Gasteiger partial charge on any atom is 0.245 e. The minimum absolute atomic E-state index is 0.331. The molecule has 2 N–H and O–H groups in total. The molecule has 1 aromatic rings. The first-order valence-corrected chi connectivity index (χ1v) is 5.40. The van der Waals surface area contributed by atoms with Gasteiger partial charge in [0.1, 0.15) is 6.61 Å². The smallest absolute Gasteiger partial charge is 0.245 e. The third-order valence-electron chi connectivity index (χ3n) is 2.53. The van der Waals surface area contributed by atoms with Gasteiger partial charge in [0.25, 0.3) is 0 Å². The lowest BCUT2D eigenvalue weighted by Crippen LogP contribution is -2.45. The fourth-order valence-electron chi connectivity index (χ4n) is 1.85. The van der Waals surface area contributed by atoms with Gasteiger partial charge in [-0.3, -0.25) is 4.79 Å². The molecular formula is C12H19N2O2+. The first-order chi connectivity index (χ1) is 7.54. The third kappa shape index (κ3) is 3.31. The molecule has 0 aromatic carbocycles. The first kappa shape index (κ1) is 12.6. The molecule has 0 saturated carbocycles. The fourth-order valence-corrected chi connectivity index (χ4v) is 1.85. The van der Waals surface area contributed by atoms with E-state index in [-0.39, 0.29) is 5.91 Å². The molecule has 0 bridgehead atoms. The Morgan fingerprint density at radius 1 is 1.31 bits per heavy atom. The van der Waals surface area contributed by atoms with E-state index < -0.39 is 6.61 Å². The van der Waals surface area contributed by atoms with Gasteiger partial charge in [0.2, 0.25) is 5.91 Å². The highest BCUT2D eigenvalue weighted by Crippen LogP contribution is 2.00. The summed E-state index contributed by atoms with van der Waals surface area (Å²) in [6.07, 6.45) is 0. The Morgan fingerprint density at radius 3 is 2.38 bits per heavy atom. The molecule has 0 saturated heterocycles. The number of carbonyl (C=O) groups is 1. The number of carbonyl (C=O) groups excluding carboxylic acids is 1. The molecule has 0 unspecified atom stereocenters. The zero-order valence-corrected chi connectivity index (χ0v) is 10.1. The van der Waals surface area contributed by atoms with Crippen molar-refractivity contribution in [2.75, 3.05) is 13.2 Å². The average molecular weight is 223 g/mol. The monoisotopic (exact) mass is 223 g/mol. The molecule has 0 aliphatic rings. The Balaban J connectivity index is 2.64. The molecule has 4 nitrogen and oxygen atoms in total. The van der Waals surface area contributed by atoms with Crippen LogP contribution in [-0.4, -0.2) is 24.2 Å². The fraction of sp³-hybridized carbons (Fsp3) is 0.500. The Hall–Kier alpha value is -1.42. The number of pyridine rings is 1. The van der Waals surface area contributed by atoms with Gasteiger partial charge in [-0.15, -0.1) is 0 Å². The lowest BCUT2D eigenvalue weighted by molar-refractivity contribution is -0.706. The summed E-state index contributed by atoms with van der Waals surface area (Å²) in [4.78, 5) is 10.9. The Morgan fingerprint density at radius 2 is 1.88 bits per heavy atom. The molecular weight excluding hydrogens is 204 g/mol. The molecule has 16 heavy (non-hydrogen) atoms. The highest BCUT2D eigenvalue weighted by molar-refractivity contribution is 5.76. The van der Waals surface area contributed by atoms with E-state index in [1.165, 1.54) is 17.0 Å². The van der Waals surface area contributed by atoms with E-state index in [0.29, 0.717) is 6.54 Å². The normalized spacial score (nSPS) is 10.2. The van der Waals surface area contributed by atoms with E-state index in [2.05, 4.69) is 28.9 Å². The van der Waals surface area contributed by atoms with Gasteiger partial charge in [-0.1, -0.05) is 0 Å². The largest absolute Gasteiger partial charge is 0.387 e. The second kappa shape index (κ2) is 5.61. The van der Waals surface area contributed by atoms with Crippen LogP contribution in [0.1, 0.15) is 17.0 Å². The van der Waals surface area contributed by atoms with Crippen molar-refractivity contribution >= 4 is 5.91 Å². The van der Waals surface area contributed by atoms with E-state index in [9.17, 15) is 4.79 Å². The second-order valence-electron chi connectivity index (χ2n) is 3.98. The molecule has 1 heterocycles. The number of hydrogen-bond acceptors (Lipinski definition) is 2. The number of aryl methyl sites for hydroxylation is 3. The predicted molar refractivity (Wildman–Crippen MR) is 60.9 cm³/mol. The first-order valence-electron chi connectivity index (χ1n) is 5.40. The number of rotatable bonds is 4. The summed E-state index contributed by atoms with van der Waals surface area (Å²) in [7, 11) is 0. The van der Waals surface area contributed by atoms with Gasteiger partial charge < -0.3 is 10.4 Å². The molecule has 0 aliphatic heterocycles. The van der Waals surface area contributed by atoms with Crippen LogP contribution >= 0.6 is 0 Å². The van der Waals surface area contributed by atoms with Crippen molar-refractivity contribution in [1.82, 2.24) is 5.32 Å².